The van der Waals surface area contributed by atoms with Gasteiger partial charge in [0.1, 0.15) is 12.6 Å². The molecule has 3 aromatic rings. The fourth-order valence-corrected chi connectivity index (χ4v) is 4.93. The molecule has 3 rings (SSSR count). The van der Waals surface area contributed by atoms with Gasteiger partial charge in [-0.25, -0.2) is 17.2 Å². The molecule has 0 aromatic heterocycles. The van der Waals surface area contributed by atoms with Crippen LogP contribution >= 0.6 is 11.6 Å². The largest absolute Gasteiger partial charge is 0.354 e. The molecule has 0 fully saturated rings. The summed E-state index contributed by atoms with van der Waals surface area (Å²) in [5.41, 5.74) is 1.24. The molecular weight excluding hydrogens is 548 g/mol. The first-order valence-electron chi connectivity index (χ1n) is 12.3. The van der Waals surface area contributed by atoms with Crippen LogP contribution in [0, 0.1) is 11.6 Å². The third-order valence-corrected chi connectivity index (χ3v) is 7.35. The number of benzene rings is 3. The third-order valence-electron chi connectivity index (χ3n) is 5.96. The fourth-order valence-electron chi connectivity index (χ4n) is 3.96. The predicted molar refractivity (Wildman–Crippen MR) is 148 cm³/mol. The molecule has 0 aliphatic carbocycles. The second-order valence-corrected chi connectivity index (χ2v) is 11.4. The average molecular weight is 578 g/mol. The van der Waals surface area contributed by atoms with E-state index >= 15 is 0 Å². The molecule has 0 saturated heterocycles. The van der Waals surface area contributed by atoms with E-state index in [0.717, 1.165) is 24.0 Å². The Balaban J connectivity index is 2.04. The molecule has 1 atom stereocenters. The van der Waals surface area contributed by atoms with E-state index in [4.69, 9.17) is 11.6 Å². The standard InChI is InChI=1S/C28H30ClF2N3O4S/c1-3-15-32-28(36)26(16-20-7-5-4-6-8-20)33(18-21-9-11-22(29)12-10-21)27(35)19-34(39(2,37)38)23-13-14-24(30)25(31)17-23/h4-14,17,26H,3,15-16,18-19H2,1-2H3,(H,32,36)/t26-/m0/s1. The first kappa shape index (κ1) is 30.0. The number of sulfonamides is 1. The molecule has 0 unspecified atom stereocenters. The maximum atomic E-state index is 14.0. The highest BCUT2D eigenvalue weighted by Gasteiger charge is 2.33. The fraction of sp³-hybridized carbons (Fsp3) is 0.286. The van der Waals surface area contributed by atoms with Crippen LogP contribution in [-0.4, -0.2) is 50.5 Å². The molecule has 39 heavy (non-hydrogen) atoms. The van der Waals surface area contributed by atoms with Crippen LogP contribution in [0.25, 0.3) is 0 Å². The second-order valence-electron chi connectivity index (χ2n) is 9.01. The summed E-state index contributed by atoms with van der Waals surface area (Å²) in [7, 11) is -4.09. The van der Waals surface area contributed by atoms with E-state index in [9.17, 15) is 26.8 Å². The first-order valence-corrected chi connectivity index (χ1v) is 14.5. The lowest BCUT2D eigenvalue weighted by molar-refractivity contribution is -0.140. The zero-order valence-corrected chi connectivity index (χ0v) is 23.2. The molecule has 0 bridgehead atoms. The van der Waals surface area contributed by atoms with Crippen LogP contribution in [0.5, 0.6) is 0 Å². The number of carbonyl (C=O) groups excluding carboxylic acids is 2. The van der Waals surface area contributed by atoms with Gasteiger partial charge >= 0.3 is 0 Å². The highest BCUT2D eigenvalue weighted by molar-refractivity contribution is 7.92. The van der Waals surface area contributed by atoms with Crippen LogP contribution < -0.4 is 9.62 Å². The summed E-state index contributed by atoms with van der Waals surface area (Å²) in [6.07, 6.45) is 1.70. The zero-order valence-electron chi connectivity index (χ0n) is 21.6. The quantitative estimate of drug-likeness (QED) is 0.342. The minimum Gasteiger partial charge on any atom is -0.354 e. The molecule has 0 heterocycles. The summed E-state index contributed by atoms with van der Waals surface area (Å²) >= 11 is 6.02. The Morgan fingerprint density at radius 1 is 0.949 bits per heavy atom. The number of anilines is 1. The van der Waals surface area contributed by atoms with Crippen molar-refractivity contribution in [2.24, 2.45) is 0 Å². The lowest BCUT2D eigenvalue weighted by atomic mass is 10.0. The monoisotopic (exact) mass is 577 g/mol. The van der Waals surface area contributed by atoms with Gasteiger partial charge in [0.25, 0.3) is 0 Å². The lowest BCUT2D eigenvalue weighted by Crippen LogP contribution is -2.53. The van der Waals surface area contributed by atoms with E-state index in [0.29, 0.717) is 33.9 Å². The van der Waals surface area contributed by atoms with Crippen molar-refractivity contribution in [2.75, 3.05) is 23.7 Å². The van der Waals surface area contributed by atoms with Crippen molar-refractivity contribution >= 4 is 39.1 Å². The number of amides is 2. The van der Waals surface area contributed by atoms with Gasteiger partial charge in [-0.15, -0.1) is 0 Å². The molecule has 11 heteroatoms. The van der Waals surface area contributed by atoms with Crippen molar-refractivity contribution in [1.82, 2.24) is 10.2 Å². The van der Waals surface area contributed by atoms with Crippen LogP contribution in [0.2, 0.25) is 5.02 Å². The van der Waals surface area contributed by atoms with Gasteiger partial charge in [0.15, 0.2) is 11.6 Å². The maximum absolute atomic E-state index is 14.0. The van der Waals surface area contributed by atoms with Crippen molar-refractivity contribution < 1.29 is 26.8 Å². The second kappa shape index (κ2) is 13.5. The summed E-state index contributed by atoms with van der Waals surface area (Å²) < 4.78 is 53.6. The van der Waals surface area contributed by atoms with Crippen LogP contribution in [0.15, 0.2) is 72.8 Å². The Hall–Kier alpha value is -3.50. The highest BCUT2D eigenvalue weighted by atomic mass is 35.5. The average Bonchev–Trinajstić information content (AvgIpc) is 2.90. The third kappa shape index (κ3) is 8.49. The summed E-state index contributed by atoms with van der Waals surface area (Å²) in [6, 6.07) is 17.4. The smallest absolute Gasteiger partial charge is 0.244 e. The number of hydrogen-bond acceptors (Lipinski definition) is 4. The van der Waals surface area contributed by atoms with E-state index in [1.54, 1.807) is 24.3 Å². The van der Waals surface area contributed by atoms with Gasteiger partial charge in [-0.05, 0) is 41.8 Å². The maximum Gasteiger partial charge on any atom is 0.244 e. The Labute approximate surface area is 232 Å². The summed E-state index contributed by atoms with van der Waals surface area (Å²) in [5, 5.41) is 3.32. The van der Waals surface area contributed by atoms with Crippen LogP contribution in [0.3, 0.4) is 0 Å². The molecule has 1 N–H and O–H groups in total. The van der Waals surface area contributed by atoms with Crippen molar-refractivity contribution in [1.29, 1.82) is 0 Å². The van der Waals surface area contributed by atoms with Crippen molar-refractivity contribution in [3.05, 3.63) is 101 Å². The summed E-state index contributed by atoms with van der Waals surface area (Å²) in [6.45, 7) is 1.53. The molecular formula is C28H30ClF2N3O4S. The number of rotatable bonds is 12. The SMILES string of the molecule is CCCNC(=O)[C@H](Cc1ccccc1)N(Cc1ccc(Cl)cc1)C(=O)CN(c1ccc(F)c(F)c1)S(C)(=O)=O. The van der Waals surface area contributed by atoms with Crippen LogP contribution in [0.4, 0.5) is 14.5 Å². The molecule has 0 aliphatic heterocycles. The summed E-state index contributed by atoms with van der Waals surface area (Å²) in [5.74, 6) is -3.51. The minimum absolute atomic E-state index is 0.0254. The van der Waals surface area contributed by atoms with E-state index in [1.165, 1.54) is 4.90 Å². The molecule has 0 aliphatic rings. The van der Waals surface area contributed by atoms with Gasteiger partial charge < -0.3 is 10.2 Å². The first-order chi connectivity index (χ1) is 18.5. The van der Waals surface area contributed by atoms with E-state index in [1.807, 2.05) is 37.3 Å². The molecule has 0 spiro atoms. The van der Waals surface area contributed by atoms with Crippen LogP contribution in [-0.2, 0) is 32.6 Å². The van der Waals surface area contributed by atoms with Gasteiger partial charge in [-0.3, -0.25) is 13.9 Å². The van der Waals surface area contributed by atoms with Gasteiger partial charge in [0, 0.05) is 30.6 Å². The molecule has 3 aromatic carbocycles. The topological polar surface area (TPSA) is 86.8 Å². The van der Waals surface area contributed by atoms with Gasteiger partial charge in [0.2, 0.25) is 21.8 Å². The Bertz CT molecular complexity index is 1390. The normalized spacial score (nSPS) is 12.0. The molecule has 0 saturated carbocycles. The number of nitrogens with one attached hydrogen (secondary N) is 1. The van der Waals surface area contributed by atoms with Crippen molar-refractivity contribution in [3.8, 4) is 0 Å². The Morgan fingerprint density at radius 2 is 1.62 bits per heavy atom. The minimum atomic E-state index is -4.09. The van der Waals surface area contributed by atoms with Crippen molar-refractivity contribution in [3.63, 3.8) is 0 Å². The zero-order chi connectivity index (χ0) is 28.6. The summed E-state index contributed by atoms with van der Waals surface area (Å²) in [4.78, 5) is 28.5. The van der Waals surface area contributed by atoms with E-state index in [2.05, 4.69) is 5.32 Å². The van der Waals surface area contributed by atoms with E-state index in [-0.39, 0.29) is 18.7 Å². The van der Waals surface area contributed by atoms with Gasteiger partial charge in [-0.2, -0.15) is 0 Å². The molecule has 0 radical (unpaired) electrons. The number of halogens is 3. The highest BCUT2D eigenvalue weighted by Crippen LogP contribution is 2.22. The van der Waals surface area contributed by atoms with Crippen molar-refractivity contribution in [2.45, 2.75) is 32.4 Å². The number of carbonyl (C=O) groups is 2. The van der Waals surface area contributed by atoms with Crippen LogP contribution in [0.1, 0.15) is 24.5 Å². The van der Waals surface area contributed by atoms with Gasteiger partial charge in [0.05, 0.1) is 11.9 Å². The Morgan fingerprint density at radius 3 is 2.21 bits per heavy atom. The predicted octanol–water partition coefficient (Wildman–Crippen LogP) is 4.55. The number of nitrogens with zero attached hydrogens (tertiary/aromatic N) is 2. The number of hydrogen-bond donors (Lipinski definition) is 1. The lowest BCUT2D eigenvalue weighted by Gasteiger charge is -2.33. The van der Waals surface area contributed by atoms with Gasteiger partial charge in [-0.1, -0.05) is 61.0 Å². The molecule has 2 amide bonds. The van der Waals surface area contributed by atoms with E-state index < -0.39 is 46.1 Å². The molecule has 208 valence electrons. The molecule has 7 nitrogen and oxygen atoms in total. The Kier molecular flexibility index (Phi) is 10.4.